The zero-order valence-electron chi connectivity index (χ0n) is 12.7. The lowest BCUT2D eigenvalue weighted by Crippen LogP contribution is -2.51. The first-order valence-electron chi connectivity index (χ1n) is 6.94. The average molecular weight is 301 g/mol. The van der Waals surface area contributed by atoms with Gasteiger partial charge in [-0.3, -0.25) is 4.79 Å². The van der Waals surface area contributed by atoms with E-state index in [1.807, 2.05) is 6.92 Å². The highest BCUT2D eigenvalue weighted by molar-refractivity contribution is 5.87. The molecule has 1 aliphatic rings. The quantitative estimate of drug-likeness (QED) is 0.708. The third-order valence-corrected chi connectivity index (χ3v) is 3.40. The molecule has 21 heavy (non-hydrogen) atoms. The average Bonchev–Trinajstić information content (AvgIpc) is 2.79. The van der Waals surface area contributed by atoms with Crippen molar-refractivity contribution < 1.29 is 24.6 Å². The number of urea groups is 1. The number of rotatable bonds is 5. The SMILES string of the molecule is CCCN(CC(=O)N(C)C)C(=O)N1C[C@H](O)C[C@@H]1C(=O)O. The number of carboxylic acids is 1. The number of likely N-dealkylation sites (tertiary alicyclic amines) is 1. The Morgan fingerprint density at radius 3 is 2.38 bits per heavy atom. The Labute approximate surface area is 123 Å². The fourth-order valence-corrected chi connectivity index (χ4v) is 2.26. The summed E-state index contributed by atoms with van der Waals surface area (Å²) in [6, 6.07) is -1.56. The predicted octanol–water partition coefficient (Wildman–Crippen LogP) is -0.574. The zero-order chi connectivity index (χ0) is 16.2. The molecule has 2 atom stereocenters. The van der Waals surface area contributed by atoms with Crippen molar-refractivity contribution in [2.45, 2.75) is 31.9 Å². The van der Waals surface area contributed by atoms with Crippen molar-refractivity contribution in [3.05, 3.63) is 0 Å². The van der Waals surface area contributed by atoms with Crippen LogP contribution in [0.15, 0.2) is 0 Å². The van der Waals surface area contributed by atoms with Gasteiger partial charge < -0.3 is 24.9 Å². The number of β-amino-alcohol motifs (C(OH)–C–C–N with tert-alkyl or cyclic N) is 1. The van der Waals surface area contributed by atoms with Gasteiger partial charge in [0.15, 0.2) is 0 Å². The van der Waals surface area contributed by atoms with Gasteiger partial charge in [-0.15, -0.1) is 0 Å². The Bertz CT molecular complexity index is 413. The highest BCUT2D eigenvalue weighted by atomic mass is 16.4. The van der Waals surface area contributed by atoms with Gasteiger partial charge in [-0.1, -0.05) is 6.92 Å². The van der Waals surface area contributed by atoms with Crippen LogP contribution in [-0.4, -0.2) is 88.7 Å². The minimum atomic E-state index is -1.14. The van der Waals surface area contributed by atoms with Gasteiger partial charge in [0.2, 0.25) is 5.91 Å². The van der Waals surface area contributed by atoms with E-state index in [1.165, 1.54) is 9.80 Å². The highest BCUT2D eigenvalue weighted by Gasteiger charge is 2.40. The minimum absolute atomic E-state index is 0.0165. The third-order valence-electron chi connectivity index (χ3n) is 3.40. The van der Waals surface area contributed by atoms with E-state index in [0.717, 1.165) is 4.90 Å². The van der Waals surface area contributed by atoms with Gasteiger partial charge in [0, 0.05) is 33.6 Å². The van der Waals surface area contributed by atoms with Crippen molar-refractivity contribution in [2.24, 2.45) is 0 Å². The molecule has 0 unspecified atom stereocenters. The second-order valence-electron chi connectivity index (χ2n) is 5.39. The maximum atomic E-state index is 12.5. The summed E-state index contributed by atoms with van der Waals surface area (Å²) >= 11 is 0. The van der Waals surface area contributed by atoms with Crippen LogP contribution in [0.1, 0.15) is 19.8 Å². The summed E-state index contributed by atoms with van der Waals surface area (Å²) in [6.07, 6.45) is -0.174. The summed E-state index contributed by atoms with van der Waals surface area (Å²) in [4.78, 5) is 39.2. The predicted molar refractivity (Wildman–Crippen MR) is 74.7 cm³/mol. The molecule has 0 bridgehead atoms. The zero-order valence-corrected chi connectivity index (χ0v) is 12.7. The molecule has 0 aromatic rings. The van der Waals surface area contributed by atoms with Crippen LogP contribution in [-0.2, 0) is 9.59 Å². The van der Waals surface area contributed by atoms with E-state index < -0.39 is 24.1 Å². The Kier molecular flexibility index (Phi) is 5.95. The van der Waals surface area contributed by atoms with Gasteiger partial charge in [-0.05, 0) is 6.42 Å². The minimum Gasteiger partial charge on any atom is -0.480 e. The lowest BCUT2D eigenvalue weighted by Gasteiger charge is -2.30. The first-order valence-corrected chi connectivity index (χ1v) is 6.94. The Morgan fingerprint density at radius 2 is 1.90 bits per heavy atom. The normalized spacial score (nSPS) is 21.2. The monoisotopic (exact) mass is 301 g/mol. The molecule has 120 valence electrons. The maximum Gasteiger partial charge on any atom is 0.326 e. The summed E-state index contributed by atoms with van der Waals surface area (Å²) in [5.41, 5.74) is 0. The lowest BCUT2D eigenvalue weighted by atomic mass is 10.2. The van der Waals surface area contributed by atoms with Crippen molar-refractivity contribution in [1.82, 2.24) is 14.7 Å². The molecule has 3 amide bonds. The van der Waals surface area contributed by atoms with Gasteiger partial charge >= 0.3 is 12.0 Å². The van der Waals surface area contributed by atoms with E-state index in [1.54, 1.807) is 14.1 Å². The number of nitrogens with zero attached hydrogens (tertiary/aromatic N) is 3. The first-order chi connectivity index (χ1) is 9.77. The molecule has 0 aliphatic carbocycles. The van der Waals surface area contributed by atoms with Crippen molar-refractivity contribution in [2.75, 3.05) is 33.7 Å². The van der Waals surface area contributed by atoms with Crippen LogP contribution >= 0.6 is 0 Å². The van der Waals surface area contributed by atoms with Gasteiger partial charge in [0.1, 0.15) is 12.6 Å². The van der Waals surface area contributed by atoms with Crippen molar-refractivity contribution >= 4 is 17.9 Å². The number of likely N-dealkylation sites (N-methyl/N-ethyl adjacent to an activating group) is 1. The summed E-state index contributed by atoms with van der Waals surface area (Å²) in [6.45, 7) is 2.11. The second kappa shape index (κ2) is 7.26. The van der Waals surface area contributed by atoms with E-state index in [2.05, 4.69) is 0 Å². The number of carboxylic acid groups (broad SMARTS) is 1. The van der Waals surface area contributed by atoms with Crippen LogP contribution in [0, 0.1) is 0 Å². The number of hydrogen-bond donors (Lipinski definition) is 2. The molecule has 1 rings (SSSR count). The van der Waals surface area contributed by atoms with Crippen molar-refractivity contribution in [1.29, 1.82) is 0 Å². The fraction of sp³-hybridized carbons (Fsp3) is 0.769. The molecule has 0 spiro atoms. The summed E-state index contributed by atoms with van der Waals surface area (Å²) in [5.74, 6) is -1.38. The summed E-state index contributed by atoms with van der Waals surface area (Å²) in [5, 5.41) is 18.7. The molecule has 1 fully saturated rings. The van der Waals surface area contributed by atoms with Gasteiger partial charge in [-0.2, -0.15) is 0 Å². The number of hydrogen-bond acceptors (Lipinski definition) is 4. The molecule has 0 saturated carbocycles. The molecule has 1 heterocycles. The van der Waals surface area contributed by atoms with Crippen molar-refractivity contribution in [3.8, 4) is 0 Å². The maximum absolute atomic E-state index is 12.5. The second-order valence-corrected chi connectivity index (χ2v) is 5.39. The van der Waals surface area contributed by atoms with E-state index in [4.69, 9.17) is 5.11 Å². The Balaban J connectivity index is 2.84. The number of aliphatic carboxylic acids is 1. The van der Waals surface area contributed by atoms with Crippen LogP contribution in [0.4, 0.5) is 4.79 Å². The molecule has 0 aromatic heterocycles. The van der Waals surface area contributed by atoms with Crippen LogP contribution in [0.25, 0.3) is 0 Å². The van der Waals surface area contributed by atoms with E-state index >= 15 is 0 Å². The topological polar surface area (TPSA) is 101 Å². The lowest BCUT2D eigenvalue weighted by molar-refractivity contribution is -0.141. The highest BCUT2D eigenvalue weighted by Crippen LogP contribution is 2.20. The van der Waals surface area contributed by atoms with E-state index in [9.17, 15) is 19.5 Å². The molecule has 0 radical (unpaired) electrons. The third kappa shape index (κ3) is 4.32. The molecular formula is C13H23N3O5. The van der Waals surface area contributed by atoms with Gasteiger partial charge in [-0.25, -0.2) is 9.59 Å². The van der Waals surface area contributed by atoms with Crippen LogP contribution in [0.2, 0.25) is 0 Å². The van der Waals surface area contributed by atoms with Crippen molar-refractivity contribution in [3.63, 3.8) is 0 Å². The Morgan fingerprint density at radius 1 is 1.29 bits per heavy atom. The molecule has 0 aromatic carbocycles. The van der Waals surface area contributed by atoms with Gasteiger partial charge in [0.25, 0.3) is 0 Å². The van der Waals surface area contributed by atoms with Crippen LogP contribution in [0.3, 0.4) is 0 Å². The number of aliphatic hydroxyl groups is 1. The molecule has 8 nitrogen and oxygen atoms in total. The first kappa shape index (κ1) is 17.2. The number of carbonyl (C=O) groups excluding carboxylic acids is 2. The van der Waals surface area contributed by atoms with Crippen LogP contribution < -0.4 is 0 Å². The number of amides is 3. The smallest absolute Gasteiger partial charge is 0.326 e. The number of aliphatic hydroxyl groups excluding tert-OH is 1. The molecule has 1 aliphatic heterocycles. The standard InChI is InChI=1S/C13H23N3O5/c1-4-5-15(8-11(18)14(2)3)13(21)16-7-9(17)6-10(16)12(19)20/h9-10,17H,4-8H2,1-3H3,(H,19,20)/t9-,10-/m1/s1. The molecular weight excluding hydrogens is 278 g/mol. The molecule has 2 N–H and O–H groups in total. The fourth-order valence-electron chi connectivity index (χ4n) is 2.26. The van der Waals surface area contributed by atoms with E-state index in [-0.39, 0.29) is 25.4 Å². The Hall–Kier alpha value is -1.83. The summed E-state index contributed by atoms with van der Waals surface area (Å²) < 4.78 is 0. The van der Waals surface area contributed by atoms with Gasteiger partial charge in [0.05, 0.1) is 6.10 Å². The van der Waals surface area contributed by atoms with Crippen LogP contribution in [0.5, 0.6) is 0 Å². The molecule has 1 saturated heterocycles. The number of carbonyl (C=O) groups is 3. The summed E-state index contributed by atoms with van der Waals surface area (Å²) in [7, 11) is 3.19. The largest absolute Gasteiger partial charge is 0.480 e. The molecule has 8 heteroatoms. The van der Waals surface area contributed by atoms with E-state index in [0.29, 0.717) is 13.0 Å².